The van der Waals surface area contributed by atoms with Gasteiger partial charge >= 0.3 is 0 Å². The fraction of sp³-hybridized carbons (Fsp3) is 0.688. The summed E-state index contributed by atoms with van der Waals surface area (Å²) in [4.78, 5) is 14.5. The third-order valence-electron chi connectivity index (χ3n) is 5.06. The zero-order valence-electron chi connectivity index (χ0n) is 12.4. The van der Waals surface area contributed by atoms with Crippen molar-refractivity contribution in [1.29, 1.82) is 0 Å². The molecule has 0 aliphatic carbocycles. The zero-order valence-corrected chi connectivity index (χ0v) is 13.1. The van der Waals surface area contributed by atoms with Crippen LogP contribution in [0.4, 0.5) is 0 Å². The molecule has 3 heterocycles. The van der Waals surface area contributed by atoms with Crippen LogP contribution < -0.4 is 0 Å². The summed E-state index contributed by atoms with van der Waals surface area (Å²) in [6, 6.07) is 3.31. The van der Waals surface area contributed by atoms with Crippen molar-refractivity contribution in [3.05, 3.63) is 23.0 Å². The van der Waals surface area contributed by atoms with Crippen LogP contribution in [-0.2, 0) is 0 Å². The third-order valence-corrected chi connectivity index (χ3v) is 5.31. The van der Waals surface area contributed by atoms with E-state index in [2.05, 4.69) is 23.3 Å². The highest BCUT2D eigenvalue weighted by Gasteiger charge is 2.33. The summed E-state index contributed by atoms with van der Waals surface area (Å²) in [5.41, 5.74) is 3.11. The van der Waals surface area contributed by atoms with Gasteiger partial charge in [0, 0.05) is 35.6 Å². The minimum atomic E-state index is 0.0457. The Balaban J connectivity index is 1.87. The van der Waals surface area contributed by atoms with Gasteiger partial charge in [-0.2, -0.15) is 0 Å². The summed E-state index contributed by atoms with van der Waals surface area (Å²) in [6.45, 7) is 6.65. The highest BCUT2D eigenvalue weighted by atomic mass is 35.5. The van der Waals surface area contributed by atoms with Crippen molar-refractivity contribution in [2.75, 3.05) is 19.0 Å². The van der Waals surface area contributed by atoms with Gasteiger partial charge in [0.1, 0.15) is 0 Å². The second kappa shape index (κ2) is 5.53. The van der Waals surface area contributed by atoms with Crippen molar-refractivity contribution < 1.29 is 4.79 Å². The molecule has 2 saturated heterocycles. The van der Waals surface area contributed by atoms with E-state index in [-0.39, 0.29) is 11.7 Å². The molecule has 110 valence electrons. The van der Waals surface area contributed by atoms with E-state index in [9.17, 15) is 4.79 Å². The van der Waals surface area contributed by atoms with Gasteiger partial charge in [-0.3, -0.25) is 4.79 Å². The van der Waals surface area contributed by atoms with Crippen molar-refractivity contribution in [3.8, 4) is 0 Å². The van der Waals surface area contributed by atoms with E-state index in [0.29, 0.717) is 6.04 Å². The van der Waals surface area contributed by atoms with Gasteiger partial charge in [0.25, 0.3) is 0 Å². The molecular formula is C16H23ClN2O. The van der Waals surface area contributed by atoms with Crippen LogP contribution in [0.15, 0.2) is 6.07 Å². The smallest absolute Gasteiger partial charge is 0.179 e. The summed E-state index contributed by atoms with van der Waals surface area (Å²) in [5.74, 6) is 0.120. The summed E-state index contributed by atoms with van der Waals surface area (Å²) in [5, 5.41) is 0. The summed E-state index contributed by atoms with van der Waals surface area (Å²) >= 11 is 5.71. The fourth-order valence-electron chi connectivity index (χ4n) is 4.13. The van der Waals surface area contributed by atoms with Gasteiger partial charge in [0.2, 0.25) is 0 Å². The molecule has 0 aromatic carbocycles. The number of piperidine rings is 1. The van der Waals surface area contributed by atoms with E-state index < -0.39 is 0 Å². The number of Topliss-reactive ketones (excluding diaryl/α,β-unsaturated/α-hetero) is 1. The Kier molecular flexibility index (Phi) is 3.91. The maximum Gasteiger partial charge on any atom is 0.179 e. The number of aromatic nitrogens is 1. The first-order chi connectivity index (χ1) is 9.61. The normalized spacial score (nSPS) is 26.8. The first kappa shape index (κ1) is 14.2. The highest BCUT2D eigenvalue weighted by Crippen LogP contribution is 2.35. The molecule has 20 heavy (non-hydrogen) atoms. The molecule has 2 atom stereocenters. The van der Waals surface area contributed by atoms with Crippen molar-refractivity contribution in [1.82, 2.24) is 9.47 Å². The summed E-state index contributed by atoms with van der Waals surface area (Å²) < 4.78 is 2.38. The minimum Gasteiger partial charge on any atom is -0.345 e. The number of hydrogen-bond acceptors (Lipinski definition) is 2. The predicted molar refractivity (Wildman–Crippen MR) is 81.8 cm³/mol. The molecule has 1 aromatic rings. The van der Waals surface area contributed by atoms with E-state index in [4.69, 9.17) is 11.6 Å². The second-order valence-electron chi connectivity index (χ2n) is 6.22. The molecule has 1 aromatic heterocycles. The topological polar surface area (TPSA) is 25.2 Å². The number of ketones is 1. The molecule has 2 aliphatic heterocycles. The highest BCUT2D eigenvalue weighted by molar-refractivity contribution is 6.30. The molecule has 0 N–H and O–H groups in total. The molecule has 0 radical (unpaired) electrons. The summed E-state index contributed by atoms with van der Waals surface area (Å²) in [6.07, 6.45) is 5.10. The van der Waals surface area contributed by atoms with Gasteiger partial charge in [-0.1, -0.05) is 0 Å². The summed E-state index contributed by atoms with van der Waals surface area (Å²) in [7, 11) is 0. The third kappa shape index (κ3) is 2.31. The Labute approximate surface area is 125 Å². The van der Waals surface area contributed by atoms with Crippen molar-refractivity contribution in [2.24, 2.45) is 0 Å². The average molecular weight is 295 g/mol. The van der Waals surface area contributed by atoms with E-state index >= 15 is 0 Å². The van der Waals surface area contributed by atoms with Gasteiger partial charge in [0.15, 0.2) is 5.78 Å². The molecule has 2 aliphatic rings. The lowest BCUT2D eigenvalue weighted by molar-refractivity contribution is 0.102. The Morgan fingerprint density at radius 2 is 2.10 bits per heavy atom. The molecule has 0 bridgehead atoms. The molecule has 3 nitrogen and oxygen atoms in total. The molecular weight excluding hydrogens is 272 g/mol. The van der Waals surface area contributed by atoms with Crippen LogP contribution >= 0.6 is 11.6 Å². The first-order valence-corrected chi connectivity index (χ1v) is 8.17. The fourth-order valence-corrected chi connectivity index (χ4v) is 4.27. The van der Waals surface area contributed by atoms with E-state index in [1.54, 1.807) is 0 Å². The van der Waals surface area contributed by atoms with E-state index in [1.165, 1.54) is 44.5 Å². The average Bonchev–Trinajstić information content (AvgIpc) is 3.01. The molecule has 0 saturated carbocycles. The SMILES string of the molecule is Cc1cc(C(=O)CCl)c(C)n1C1CCN2CCCC2C1. The van der Waals surface area contributed by atoms with Crippen molar-refractivity contribution >= 4 is 17.4 Å². The minimum absolute atomic E-state index is 0.0457. The lowest BCUT2D eigenvalue weighted by Crippen LogP contribution is -2.39. The molecule has 0 amide bonds. The number of halogens is 1. The zero-order chi connectivity index (χ0) is 14.3. The lowest BCUT2D eigenvalue weighted by Gasteiger charge is -2.36. The Morgan fingerprint density at radius 3 is 2.85 bits per heavy atom. The van der Waals surface area contributed by atoms with Gasteiger partial charge in [-0.25, -0.2) is 0 Å². The van der Waals surface area contributed by atoms with Crippen LogP contribution in [0, 0.1) is 13.8 Å². The maximum absolute atomic E-state index is 11.9. The number of carbonyl (C=O) groups excluding carboxylic acids is 1. The van der Waals surface area contributed by atoms with E-state index in [1.807, 2.05) is 6.07 Å². The number of carbonyl (C=O) groups is 1. The molecule has 3 rings (SSSR count). The monoisotopic (exact) mass is 294 g/mol. The standard InChI is InChI=1S/C16H23ClN2O/c1-11-8-15(16(20)10-17)12(2)19(11)14-5-7-18-6-3-4-13(18)9-14/h8,13-14H,3-7,9-10H2,1-2H3. The van der Waals surface area contributed by atoms with Crippen LogP contribution in [0.5, 0.6) is 0 Å². The first-order valence-electron chi connectivity index (χ1n) is 7.63. The number of hydrogen-bond donors (Lipinski definition) is 0. The van der Waals surface area contributed by atoms with Gasteiger partial charge in [-0.15, -0.1) is 11.6 Å². The molecule has 2 fully saturated rings. The number of fused-ring (bicyclic) bond motifs is 1. The van der Waals surface area contributed by atoms with Crippen LogP contribution in [0.25, 0.3) is 0 Å². The number of aryl methyl sites for hydroxylation is 1. The molecule has 2 unspecified atom stereocenters. The van der Waals surface area contributed by atoms with Crippen LogP contribution in [0.1, 0.15) is 53.5 Å². The number of nitrogens with zero attached hydrogens (tertiary/aromatic N) is 2. The van der Waals surface area contributed by atoms with Crippen LogP contribution in [-0.4, -0.2) is 40.3 Å². The van der Waals surface area contributed by atoms with E-state index in [0.717, 1.165) is 17.3 Å². The Hall–Kier alpha value is -0.800. The maximum atomic E-state index is 11.9. The van der Waals surface area contributed by atoms with Crippen LogP contribution in [0.2, 0.25) is 0 Å². The number of alkyl halides is 1. The Bertz CT molecular complexity index is 523. The van der Waals surface area contributed by atoms with Crippen LogP contribution in [0.3, 0.4) is 0 Å². The number of rotatable bonds is 3. The largest absolute Gasteiger partial charge is 0.345 e. The van der Waals surface area contributed by atoms with Gasteiger partial charge < -0.3 is 9.47 Å². The van der Waals surface area contributed by atoms with Gasteiger partial charge in [0.05, 0.1) is 5.88 Å². The Morgan fingerprint density at radius 1 is 1.30 bits per heavy atom. The lowest BCUT2D eigenvalue weighted by atomic mass is 9.97. The predicted octanol–water partition coefficient (Wildman–Crippen LogP) is 3.33. The second-order valence-corrected chi connectivity index (χ2v) is 6.49. The van der Waals surface area contributed by atoms with Crippen molar-refractivity contribution in [2.45, 2.75) is 51.6 Å². The molecule has 4 heteroatoms. The van der Waals surface area contributed by atoms with Gasteiger partial charge in [-0.05, 0) is 52.1 Å². The van der Waals surface area contributed by atoms with Crippen molar-refractivity contribution in [3.63, 3.8) is 0 Å². The quantitative estimate of drug-likeness (QED) is 0.631. The molecule has 0 spiro atoms.